The first-order valence-electron chi connectivity index (χ1n) is 6.93. The van der Waals surface area contributed by atoms with Crippen LogP contribution in [0.1, 0.15) is 55.4 Å². The Morgan fingerprint density at radius 1 is 0.722 bits per heavy atom. The molecule has 0 aliphatic heterocycles. The second-order valence-corrected chi connectivity index (χ2v) is 8.56. The van der Waals surface area contributed by atoms with Gasteiger partial charge in [-0.15, -0.1) is 0 Å². The van der Waals surface area contributed by atoms with Gasteiger partial charge in [0.2, 0.25) is 0 Å². The molecule has 0 atom stereocenters. The van der Waals surface area contributed by atoms with Crippen molar-refractivity contribution in [2.75, 3.05) is 7.11 Å². The first kappa shape index (κ1) is 18.3. The minimum atomic E-state index is -3.07. The summed E-state index contributed by atoms with van der Waals surface area (Å²) in [6.45, 7) is 16.9. The minimum absolute atomic E-state index is 0.251. The van der Waals surface area contributed by atoms with E-state index in [2.05, 4.69) is 64.7 Å². The van der Waals surface area contributed by atoms with Crippen LogP contribution in [0.2, 0.25) is 0 Å². The zero-order chi connectivity index (χ0) is 14.7. The molecule has 0 rings (SSSR count). The van der Waals surface area contributed by atoms with E-state index in [0.717, 1.165) is 0 Å². The Labute approximate surface area is 114 Å². The van der Waals surface area contributed by atoms with E-state index in [9.17, 15) is 4.89 Å². The number of rotatable bonds is 7. The zero-order valence-corrected chi connectivity index (χ0v) is 14.6. The van der Waals surface area contributed by atoms with Crippen molar-refractivity contribution in [2.24, 2.45) is 0 Å². The van der Waals surface area contributed by atoms with Gasteiger partial charge in [0, 0.05) is 0 Å². The molecule has 0 aromatic rings. The quantitative estimate of drug-likeness (QED) is 0.726. The fourth-order valence-corrected chi connectivity index (χ4v) is 6.26. The van der Waals surface area contributed by atoms with Crippen LogP contribution in [0.3, 0.4) is 0 Å². The molecule has 1 N–H and O–H groups in total. The molecule has 0 spiro atoms. The molecule has 0 aliphatic rings. The van der Waals surface area contributed by atoms with Gasteiger partial charge in [-0.2, -0.15) is 0 Å². The average molecular weight is 280 g/mol. The molecule has 0 saturated carbocycles. The maximum absolute atomic E-state index is 11.2. The van der Waals surface area contributed by atoms with Crippen molar-refractivity contribution in [2.45, 2.75) is 79.6 Å². The summed E-state index contributed by atoms with van der Waals surface area (Å²) in [5.41, 5.74) is 0. The van der Waals surface area contributed by atoms with Gasteiger partial charge in [0.15, 0.2) is 0 Å². The topological polar surface area (TPSA) is 35.9 Å². The molecule has 0 amide bonds. The predicted octanol–water partition coefficient (Wildman–Crippen LogP) is 3.27. The Balaban J connectivity index is 5.53. The average Bonchev–Trinajstić information content (AvgIpc) is 2.14. The van der Waals surface area contributed by atoms with Gasteiger partial charge in [0.1, 0.15) is 0 Å². The van der Waals surface area contributed by atoms with Gasteiger partial charge in [-0.05, 0) is 0 Å². The summed E-state index contributed by atoms with van der Waals surface area (Å²) in [5, 5.41) is 0. The van der Waals surface area contributed by atoms with Crippen molar-refractivity contribution >= 4 is 8.02 Å². The van der Waals surface area contributed by atoms with Crippen molar-refractivity contribution in [3.63, 3.8) is 0 Å². The summed E-state index contributed by atoms with van der Waals surface area (Å²) in [6, 6.07) is 1.01. The van der Waals surface area contributed by atoms with Crippen LogP contribution < -0.4 is 0 Å². The summed E-state index contributed by atoms with van der Waals surface area (Å²) >= 11 is 0. The Morgan fingerprint density at radius 3 is 1.06 bits per heavy atom. The van der Waals surface area contributed by atoms with E-state index in [-0.39, 0.29) is 24.2 Å². The van der Waals surface area contributed by atoms with Gasteiger partial charge in [-0.25, -0.2) is 0 Å². The van der Waals surface area contributed by atoms with Crippen LogP contribution in [0.15, 0.2) is 0 Å². The molecule has 0 heterocycles. The van der Waals surface area contributed by atoms with Crippen LogP contribution in [-0.2, 0) is 4.52 Å². The van der Waals surface area contributed by atoms with Gasteiger partial charge in [0.25, 0.3) is 0 Å². The monoisotopic (exact) mass is 280 g/mol. The van der Waals surface area contributed by atoms with E-state index >= 15 is 0 Å². The Kier molecular flexibility index (Phi) is 7.27. The fraction of sp³-hybridized carbons (Fsp3) is 1.00. The van der Waals surface area contributed by atoms with Crippen LogP contribution in [0.4, 0.5) is 0 Å². The summed E-state index contributed by atoms with van der Waals surface area (Å²) in [7, 11) is -1.44. The third-order valence-electron chi connectivity index (χ3n) is 3.17. The van der Waals surface area contributed by atoms with Crippen molar-refractivity contribution in [1.82, 2.24) is 9.34 Å². The second kappa shape index (κ2) is 7.16. The van der Waals surface area contributed by atoms with Crippen molar-refractivity contribution < 1.29 is 9.42 Å². The van der Waals surface area contributed by atoms with E-state index < -0.39 is 8.02 Å². The second-order valence-electron chi connectivity index (χ2n) is 5.97. The molecule has 0 aromatic heterocycles. The molecule has 18 heavy (non-hydrogen) atoms. The Morgan fingerprint density at radius 2 is 0.944 bits per heavy atom. The van der Waals surface area contributed by atoms with E-state index in [4.69, 9.17) is 4.52 Å². The molecule has 0 saturated heterocycles. The standard InChI is InChI=1S/C13H33N2O2P/c1-10(2)14(11(3)4)18(16,17-9)15(12(5)6)13(7)8/h10-13,16,18H,1-9H3. The molecular formula is C13H33N2O2P. The SMILES string of the molecule is CO[PH](O)(N(C(C)C)C(C)C)N(C(C)C)C(C)C. The Bertz CT molecular complexity index is 209. The van der Waals surface area contributed by atoms with Crippen LogP contribution in [0.5, 0.6) is 0 Å². The number of hydrogen-bond donors (Lipinski definition) is 1. The fourth-order valence-electron chi connectivity index (χ4n) is 2.88. The molecule has 4 nitrogen and oxygen atoms in total. The van der Waals surface area contributed by atoms with Crippen LogP contribution in [0.25, 0.3) is 0 Å². The molecule has 0 unspecified atom stereocenters. The first-order valence-corrected chi connectivity index (χ1v) is 8.68. The summed E-state index contributed by atoms with van der Waals surface area (Å²) < 4.78 is 9.92. The van der Waals surface area contributed by atoms with E-state index in [1.54, 1.807) is 7.11 Å². The van der Waals surface area contributed by atoms with Crippen molar-refractivity contribution in [3.8, 4) is 0 Å². The molecule has 0 aromatic carbocycles. The van der Waals surface area contributed by atoms with Gasteiger partial charge in [-0.3, -0.25) is 0 Å². The maximum atomic E-state index is 11.2. The molecule has 112 valence electrons. The summed E-state index contributed by atoms with van der Waals surface area (Å²) in [6.07, 6.45) is 0. The number of nitrogens with zero attached hydrogens (tertiary/aromatic N) is 2. The predicted molar refractivity (Wildman–Crippen MR) is 81.8 cm³/mol. The van der Waals surface area contributed by atoms with Crippen molar-refractivity contribution in [1.29, 1.82) is 0 Å². The molecule has 0 aliphatic carbocycles. The van der Waals surface area contributed by atoms with Crippen molar-refractivity contribution in [3.05, 3.63) is 0 Å². The van der Waals surface area contributed by atoms with E-state index in [1.165, 1.54) is 0 Å². The zero-order valence-electron chi connectivity index (χ0n) is 13.6. The summed E-state index contributed by atoms with van der Waals surface area (Å²) in [4.78, 5) is 11.2. The van der Waals surface area contributed by atoms with E-state index in [1.807, 2.05) is 0 Å². The molecule has 0 bridgehead atoms. The van der Waals surface area contributed by atoms with Crippen LogP contribution in [0, 0.1) is 0 Å². The summed E-state index contributed by atoms with van der Waals surface area (Å²) in [5.74, 6) is 0. The van der Waals surface area contributed by atoms with Crippen LogP contribution in [-0.4, -0.2) is 45.5 Å². The van der Waals surface area contributed by atoms with Gasteiger partial charge >= 0.3 is 113 Å². The third kappa shape index (κ3) is 3.88. The van der Waals surface area contributed by atoms with Gasteiger partial charge < -0.3 is 0 Å². The normalized spacial score (nSPS) is 14.9. The molecule has 5 heteroatoms. The van der Waals surface area contributed by atoms with Gasteiger partial charge in [-0.1, -0.05) is 0 Å². The van der Waals surface area contributed by atoms with E-state index in [0.29, 0.717) is 0 Å². The van der Waals surface area contributed by atoms with Gasteiger partial charge in [0.05, 0.1) is 0 Å². The Hall–Kier alpha value is 0.270. The number of hydrogen-bond acceptors (Lipinski definition) is 4. The van der Waals surface area contributed by atoms with Crippen LogP contribution >= 0.6 is 8.02 Å². The third-order valence-corrected chi connectivity index (χ3v) is 7.13. The molecule has 0 radical (unpaired) electrons. The molecular weight excluding hydrogens is 247 g/mol. The first-order chi connectivity index (χ1) is 8.09. The molecule has 0 fully saturated rings.